The van der Waals surface area contributed by atoms with Crippen molar-refractivity contribution in [2.75, 3.05) is 19.7 Å². The molecule has 182 valence electrons. The second kappa shape index (κ2) is 10.2. The number of carbonyl (C=O) groups is 3. The predicted molar refractivity (Wildman–Crippen MR) is 132 cm³/mol. The van der Waals surface area contributed by atoms with Crippen molar-refractivity contribution in [3.8, 4) is 23.5 Å². The summed E-state index contributed by atoms with van der Waals surface area (Å²) in [5, 5.41) is 12.3. The van der Waals surface area contributed by atoms with Crippen LogP contribution in [0.3, 0.4) is 0 Å². The topological polar surface area (TPSA) is 95.9 Å². The molecule has 2 unspecified atom stereocenters. The third-order valence-corrected chi connectivity index (χ3v) is 7.10. The van der Waals surface area contributed by atoms with E-state index in [1.807, 2.05) is 43.3 Å². The average Bonchev–Trinajstić information content (AvgIpc) is 3.43. The highest BCUT2D eigenvalue weighted by molar-refractivity contribution is 5.87. The zero-order chi connectivity index (χ0) is 25.0. The van der Waals surface area contributed by atoms with Crippen molar-refractivity contribution in [1.29, 1.82) is 0 Å². The average molecular weight is 475 g/mol. The van der Waals surface area contributed by atoms with Gasteiger partial charge in [-0.2, -0.15) is 0 Å². The Kier molecular flexibility index (Phi) is 7.11. The van der Waals surface area contributed by atoms with Crippen molar-refractivity contribution in [3.63, 3.8) is 0 Å². The number of benzene rings is 2. The molecule has 0 aromatic heterocycles. The first kappa shape index (κ1) is 24.3. The van der Waals surface area contributed by atoms with Gasteiger partial charge in [0.15, 0.2) is 0 Å². The number of rotatable bonds is 8. The van der Waals surface area contributed by atoms with Crippen molar-refractivity contribution in [3.05, 3.63) is 59.7 Å². The molecule has 2 amide bonds. The molecular formula is C28H30N2O5. The molecule has 2 aromatic carbocycles. The number of terminal acetylenes is 1. The molecule has 0 spiro atoms. The highest BCUT2D eigenvalue weighted by Gasteiger charge is 2.46. The maximum Gasteiger partial charge on any atom is 0.407 e. The summed E-state index contributed by atoms with van der Waals surface area (Å²) < 4.78 is 5.56. The van der Waals surface area contributed by atoms with E-state index in [-0.39, 0.29) is 31.4 Å². The number of hydrogen-bond acceptors (Lipinski definition) is 4. The van der Waals surface area contributed by atoms with Gasteiger partial charge < -0.3 is 20.1 Å². The molecule has 7 heteroatoms. The van der Waals surface area contributed by atoms with Gasteiger partial charge in [0.1, 0.15) is 12.6 Å². The van der Waals surface area contributed by atoms with Gasteiger partial charge in [-0.3, -0.25) is 9.59 Å². The van der Waals surface area contributed by atoms with Gasteiger partial charge >= 0.3 is 12.1 Å². The maximum absolute atomic E-state index is 13.1. The molecule has 2 aromatic rings. The number of fused-ring (bicyclic) bond motifs is 3. The number of aliphatic carboxylic acids is 1. The molecule has 1 aliphatic carbocycles. The van der Waals surface area contributed by atoms with Crippen molar-refractivity contribution < 1.29 is 24.2 Å². The first-order valence-electron chi connectivity index (χ1n) is 12.0. The lowest BCUT2D eigenvalue weighted by Crippen LogP contribution is -2.49. The molecule has 0 bridgehead atoms. The van der Waals surface area contributed by atoms with Crippen LogP contribution in [0.1, 0.15) is 49.7 Å². The first-order chi connectivity index (χ1) is 16.9. The molecule has 7 nitrogen and oxygen atoms in total. The summed E-state index contributed by atoms with van der Waals surface area (Å²) in [5.74, 6) is 1.06. The monoisotopic (exact) mass is 474 g/mol. The Balaban J connectivity index is 1.41. The number of likely N-dealkylation sites (tertiary alicyclic amines) is 1. The van der Waals surface area contributed by atoms with Gasteiger partial charge in [-0.05, 0) is 35.1 Å². The van der Waals surface area contributed by atoms with Gasteiger partial charge in [-0.15, -0.1) is 12.3 Å². The summed E-state index contributed by atoms with van der Waals surface area (Å²) in [4.78, 5) is 39.2. The van der Waals surface area contributed by atoms with Crippen LogP contribution in [0.4, 0.5) is 4.79 Å². The zero-order valence-corrected chi connectivity index (χ0v) is 19.8. The van der Waals surface area contributed by atoms with Crippen LogP contribution in [0.25, 0.3) is 11.1 Å². The molecular weight excluding hydrogens is 444 g/mol. The summed E-state index contributed by atoms with van der Waals surface area (Å²) in [6.07, 6.45) is 6.32. The molecule has 1 fully saturated rings. The van der Waals surface area contributed by atoms with Crippen LogP contribution in [0.5, 0.6) is 0 Å². The van der Waals surface area contributed by atoms with Gasteiger partial charge in [-0.1, -0.05) is 61.9 Å². The molecule has 4 rings (SSSR count). The number of carboxylic acids is 1. The summed E-state index contributed by atoms with van der Waals surface area (Å²) in [7, 11) is 0. The van der Waals surface area contributed by atoms with Crippen molar-refractivity contribution in [2.45, 2.75) is 44.6 Å². The molecule has 35 heavy (non-hydrogen) atoms. The molecule has 1 saturated heterocycles. The lowest BCUT2D eigenvalue weighted by Gasteiger charge is -2.26. The van der Waals surface area contributed by atoms with Gasteiger partial charge in [0.25, 0.3) is 0 Å². The Morgan fingerprint density at radius 3 is 2.37 bits per heavy atom. The summed E-state index contributed by atoms with van der Waals surface area (Å²) >= 11 is 0. The van der Waals surface area contributed by atoms with E-state index in [1.54, 1.807) is 0 Å². The van der Waals surface area contributed by atoms with Crippen LogP contribution < -0.4 is 5.32 Å². The van der Waals surface area contributed by atoms with E-state index in [9.17, 15) is 19.5 Å². The second-order valence-corrected chi connectivity index (χ2v) is 9.28. The highest BCUT2D eigenvalue weighted by Crippen LogP contribution is 2.44. The van der Waals surface area contributed by atoms with E-state index in [4.69, 9.17) is 11.2 Å². The minimum atomic E-state index is -0.970. The van der Waals surface area contributed by atoms with E-state index in [0.29, 0.717) is 25.8 Å². The number of carbonyl (C=O) groups excluding carboxylic acids is 2. The fraction of sp³-hybridized carbons (Fsp3) is 0.393. The Labute approximate surface area is 205 Å². The van der Waals surface area contributed by atoms with Crippen molar-refractivity contribution in [2.24, 2.45) is 5.41 Å². The highest BCUT2D eigenvalue weighted by atomic mass is 16.5. The van der Waals surface area contributed by atoms with Crippen LogP contribution >= 0.6 is 0 Å². The first-order valence-corrected chi connectivity index (χ1v) is 12.0. The molecule has 2 N–H and O–H groups in total. The van der Waals surface area contributed by atoms with Crippen LogP contribution in [0, 0.1) is 17.8 Å². The number of alkyl carbamates (subject to hydrolysis) is 1. The Morgan fingerprint density at radius 1 is 1.17 bits per heavy atom. The largest absolute Gasteiger partial charge is 0.481 e. The fourth-order valence-corrected chi connectivity index (χ4v) is 5.35. The van der Waals surface area contributed by atoms with E-state index in [1.165, 1.54) is 4.90 Å². The van der Waals surface area contributed by atoms with E-state index in [0.717, 1.165) is 22.3 Å². The standard InChI is InChI=1S/C28H30N2O5/c1-3-9-24(25(31)30-16-15-28(18-30,14-4-2)26(32)33)29-27(34)35-17-23-21-12-7-5-10-19(21)20-11-6-8-13-22(20)23/h1,5-8,10-13,23-24H,4,9,14-18H2,2H3,(H,29,34)(H,32,33). The minimum Gasteiger partial charge on any atom is -0.481 e. The molecule has 2 atom stereocenters. The quantitative estimate of drug-likeness (QED) is 0.564. The fourth-order valence-electron chi connectivity index (χ4n) is 5.35. The molecule has 1 aliphatic heterocycles. The van der Waals surface area contributed by atoms with E-state index in [2.05, 4.69) is 23.4 Å². The normalized spacial score (nSPS) is 19.4. The van der Waals surface area contributed by atoms with E-state index < -0.39 is 23.5 Å². The zero-order valence-electron chi connectivity index (χ0n) is 19.8. The number of nitrogens with one attached hydrogen (secondary N) is 1. The number of amides is 2. The third kappa shape index (κ3) is 4.74. The maximum atomic E-state index is 13.1. The van der Waals surface area contributed by atoms with Gasteiger partial charge in [-0.25, -0.2) is 4.79 Å². The van der Waals surface area contributed by atoms with Crippen LogP contribution in [0.15, 0.2) is 48.5 Å². The summed E-state index contributed by atoms with van der Waals surface area (Å²) in [6, 6.07) is 15.1. The SMILES string of the molecule is C#CCC(NC(=O)OCC1c2ccccc2-c2ccccc21)C(=O)N1CCC(CCC)(C(=O)O)C1. The smallest absolute Gasteiger partial charge is 0.407 e. The Bertz CT molecular complexity index is 1120. The molecule has 1 heterocycles. The minimum absolute atomic E-state index is 0.00657. The van der Waals surface area contributed by atoms with E-state index >= 15 is 0 Å². The number of carboxylic acid groups (broad SMARTS) is 1. The Morgan fingerprint density at radius 2 is 1.80 bits per heavy atom. The Hall–Kier alpha value is -3.79. The molecule has 0 radical (unpaired) electrons. The number of nitrogens with zero attached hydrogens (tertiary/aromatic N) is 1. The predicted octanol–water partition coefficient (Wildman–Crippen LogP) is 4.02. The lowest BCUT2D eigenvalue weighted by molar-refractivity contribution is -0.149. The van der Waals surface area contributed by atoms with Crippen molar-refractivity contribution in [1.82, 2.24) is 10.2 Å². The van der Waals surface area contributed by atoms with Gasteiger partial charge in [0, 0.05) is 25.4 Å². The summed E-state index contributed by atoms with van der Waals surface area (Å²) in [6.45, 7) is 2.48. The second-order valence-electron chi connectivity index (χ2n) is 9.28. The number of ether oxygens (including phenoxy) is 1. The van der Waals surface area contributed by atoms with Crippen molar-refractivity contribution >= 4 is 18.0 Å². The summed E-state index contributed by atoms with van der Waals surface area (Å²) in [5.41, 5.74) is 3.49. The third-order valence-electron chi connectivity index (χ3n) is 7.10. The van der Waals surface area contributed by atoms with Crippen LogP contribution in [-0.4, -0.2) is 53.7 Å². The van der Waals surface area contributed by atoms with Gasteiger partial charge in [0.05, 0.1) is 5.41 Å². The van der Waals surface area contributed by atoms with Crippen LogP contribution in [-0.2, 0) is 14.3 Å². The molecule has 0 saturated carbocycles. The van der Waals surface area contributed by atoms with Gasteiger partial charge in [0.2, 0.25) is 5.91 Å². The van der Waals surface area contributed by atoms with Crippen LogP contribution in [0.2, 0.25) is 0 Å². The number of hydrogen-bond donors (Lipinski definition) is 2. The lowest BCUT2D eigenvalue weighted by atomic mass is 9.83. The molecule has 2 aliphatic rings.